The second-order valence-corrected chi connectivity index (χ2v) is 10.3. The lowest BCUT2D eigenvalue weighted by Crippen LogP contribution is -2.51. The molecule has 2 aromatic rings. The van der Waals surface area contributed by atoms with Crippen LogP contribution in [0.2, 0.25) is 0 Å². The Hall–Kier alpha value is -3.49. The highest BCUT2D eigenvalue weighted by Gasteiger charge is 2.40. The minimum atomic E-state index is -4.04. The molecule has 3 rings (SSSR count). The molecule has 0 bridgehead atoms. The number of nitrogens with zero attached hydrogens (tertiary/aromatic N) is 1. The molecule has 1 atom stereocenters. The molecule has 0 radical (unpaired) electrons. The van der Waals surface area contributed by atoms with E-state index in [4.69, 9.17) is 9.47 Å². The van der Waals surface area contributed by atoms with E-state index in [1.54, 1.807) is 19.1 Å². The lowest BCUT2D eigenvalue weighted by molar-refractivity contribution is -0.136. The summed E-state index contributed by atoms with van der Waals surface area (Å²) in [5, 5.41) is 2.90. The number of ether oxygens (including phenoxy) is 2. The number of isocyanates is 1. The molecule has 1 aliphatic rings. The number of rotatable bonds is 7. The number of fused-ring (bicyclic) bond motifs is 1. The number of sulfonamides is 1. The van der Waals surface area contributed by atoms with Crippen LogP contribution in [0.25, 0.3) is 0 Å². The lowest BCUT2D eigenvalue weighted by Gasteiger charge is -2.37. The number of esters is 1. The van der Waals surface area contributed by atoms with Crippen LogP contribution in [0.5, 0.6) is 11.5 Å². The summed E-state index contributed by atoms with van der Waals surface area (Å²) in [5.41, 5.74) is 3.14. The quantitative estimate of drug-likeness (QED) is 0.268. The summed E-state index contributed by atoms with van der Waals surface area (Å²) in [6, 6.07) is 5.91. The summed E-state index contributed by atoms with van der Waals surface area (Å²) in [5.74, 6) is 0.556. The molecule has 0 aromatic heterocycles. The molecule has 0 saturated carbocycles. The topological polar surface area (TPSA) is 128 Å². The molecule has 1 amide bonds. The number of hydrogen-bond acceptors (Lipinski definition) is 7. The van der Waals surface area contributed by atoms with Crippen LogP contribution in [0.3, 0.4) is 0 Å². The monoisotopic (exact) mass is 500 g/mol. The summed E-state index contributed by atoms with van der Waals surface area (Å²) < 4.78 is 38.0. The van der Waals surface area contributed by atoms with Crippen LogP contribution in [-0.2, 0) is 37.2 Å². The molecule has 186 valence electrons. The zero-order valence-electron chi connectivity index (χ0n) is 20.4. The Morgan fingerprint density at radius 1 is 1.14 bits per heavy atom. The van der Waals surface area contributed by atoms with Crippen molar-refractivity contribution in [2.75, 3.05) is 6.54 Å². The first-order valence-electron chi connectivity index (χ1n) is 11.1. The van der Waals surface area contributed by atoms with Crippen molar-refractivity contribution in [3.8, 4) is 11.5 Å². The summed E-state index contributed by atoms with van der Waals surface area (Å²) >= 11 is 0. The molecule has 1 N–H and O–H groups in total. The first-order chi connectivity index (χ1) is 16.4. The molecule has 1 heterocycles. The lowest BCUT2D eigenvalue weighted by atomic mass is 9.86. The van der Waals surface area contributed by atoms with Gasteiger partial charge in [0.15, 0.2) is 5.60 Å². The molecule has 0 spiro atoms. The second-order valence-electron chi connectivity index (χ2n) is 8.75. The van der Waals surface area contributed by atoms with Crippen molar-refractivity contribution in [3.05, 3.63) is 52.1 Å². The minimum Gasteiger partial charge on any atom is -0.477 e. The van der Waals surface area contributed by atoms with Crippen molar-refractivity contribution >= 4 is 28.0 Å². The van der Waals surface area contributed by atoms with Gasteiger partial charge in [-0.15, -0.1) is 0 Å². The fourth-order valence-corrected chi connectivity index (χ4v) is 4.81. The third kappa shape index (κ3) is 5.44. The molecule has 1 aliphatic heterocycles. The van der Waals surface area contributed by atoms with Gasteiger partial charge >= 0.3 is 5.97 Å². The van der Waals surface area contributed by atoms with Crippen molar-refractivity contribution in [1.82, 2.24) is 5.32 Å². The van der Waals surface area contributed by atoms with E-state index >= 15 is 0 Å². The second kappa shape index (κ2) is 10.0. The van der Waals surface area contributed by atoms with Crippen LogP contribution in [-0.4, -0.2) is 38.5 Å². The minimum absolute atomic E-state index is 0.103. The van der Waals surface area contributed by atoms with E-state index in [1.165, 1.54) is 19.1 Å². The van der Waals surface area contributed by atoms with E-state index in [2.05, 4.69) is 9.71 Å². The maximum absolute atomic E-state index is 13.0. The van der Waals surface area contributed by atoms with Crippen molar-refractivity contribution < 1.29 is 32.3 Å². The van der Waals surface area contributed by atoms with E-state index in [9.17, 15) is 22.8 Å². The summed E-state index contributed by atoms with van der Waals surface area (Å²) in [4.78, 5) is 34.7. The molecule has 0 saturated heterocycles. The normalized spacial score (nSPS) is 16.9. The maximum Gasteiger partial charge on any atom is 0.308 e. The van der Waals surface area contributed by atoms with Gasteiger partial charge in [0, 0.05) is 25.5 Å². The molecular weight excluding hydrogens is 472 g/mol. The molecular formula is C25H28N2O7S. The van der Waals surface area contributed by atoms with Crippen molar-refractivity contribution in [2.45, 2.75) is 64.4 Å². The van der Waals surface area contributed by atoms with Crippen molar-refractivity contribution in [3.63, 3.8) is 0 Å². The van der Waals surface area contributed by atoms with Gasteiger partial charge < -0.3 is 14.8 Å². The molecule has 0 fully saturated rings. The molecule has 1 unspecified atom stereocenters. The highest BCUT2D eigenvalue weighted by atomic mass is 32.2. The number of benzene rings is 2. The first-order valence-corrected chi connectivity index (χ1v) is 12.5. The van der Waals surface area contributed by atoms with E-state index < -0.39 is 15.6 Å². The average Bonchev–Trinajstić information content (AvgIpc) is 2.80. The Kier molecular flexibility index (Phi) is 7.47. The largest absolute Gasteiger partial charge is 0.477 e. The van der Waals surface area contributed by atoms with Gasteiger partial charge in [0.2, 0.25) is 0 Å². The van der Waals surface area contributed by atoms with Gasteiger partial charge in [0.05, 0.1) is 4.90 Å². The predicted octanol–water partition coefficient (Wildman–Crippen LogP) is 3.00. The third-order valence-electron chi connectivity index (χ3n) is 6.29. The van der Waals surface area contributed by atoms with Crippen LogP contribution in [0, 0.1) is 20.8 Å². The van der Waals surface area contributed by atoms with Gasteiger partial charge in [0.25, 0.3) is 22.0 Å². The Labute approximate surface area is 204 Å². The van der Waals surface area contributed by atoms with Gasteiger partial charge in [0.1, 0.15) is 11.5 Å². The fourth-order valence-electron chi connectivity index (χ4n) is 4.13. The van der Waals surface area contributed by atoms with Crippen molar-refractivity contribution in [2.24, 2.45) is 4.40 Å². The number of carbonyl (C=O) groups excluding carboxylic acids is 3. The van der Waals surface area contributed by atoms with E-state index in [0.717, 1.165) is 33.9 Å². The van der Waals surface area contributed by atoms with E-state index in [1.807, 2.05) is 20.8 Å². The van der Waals surface area contributed by atoms with Gasteiger partial charge in [-0.05, 0) is 74.9 Å². The molecule has 10 heteroatoms. The van der Waals surface area contributed by atoms with Crippen LogP contribution in [0.4, 0.5) is 0 Å². The Bertz CT molecular complexity index is 1330. The predicted molar refractivity (Wildman–Crippen MR) is 128 cm³/mol. The molecule has 2 aromatic carbocycles. The zero-order valence-corrected chi connectivity index (χ0v) is 21.2. The SMILES string of the molecule is CC(=O)Oc1c(C)c(C)c2c(c1C)CCC(C)(C(=O)NCCc1ccc(S(=O)(=O)N=C=O)cc1)O2. The number of hydrogen-bond donors (Lipinski definition) is 1. The van der Waals surface area contributed by atoms with E-state index in [0.29, 0.717) is 37.3 Å². The number of carbonyl (C=O) groups is 2. The Balaban J connectivity index is 1.69. The fraction of sp³-hybridized carbons (Fsp3) is 0.400. The van der Waals surface area contributed by atoms with Crippen LogP contribution in [0.1, 0.15) is 48.1 Å². The Morgan fingerprint density at radius 3 is 2.40 bits per heavy atom. The van der Waals surface area contributed by atoms with Gasteiger partial charge in [-0.2, -0.15) is 8.42 Å². The van der Waals surface area contributed by atoms with Crippen LogP contribution in [0.15, 0.2) is 33.6 Å². The van der Waals surface area contributed by atoms with Crippen LogP contribution < -0.4 is 14.8 Å². The summed E-state index contributed by atoms with van der Waals surface area (Å²) in [7, 11) is -4.04. The third-order valence-corrected chi connectivity index (χ3v) is 7.48. The van der Waals surface area contributed by atoms with Crippen LogP contribution >= 0.6 is 0 Å². The summed E-state index contributed by atoms with van der Waals surface area (Å²) in [6.45, 7) is 9.07. The number of amides is 1. The average molecular weight is 501 g/mol. The standard InChI is InChI=1S/C25H28N2O7S/c1-15-16(2)23-21(17(3)22(15)33-18(4)29)10-12-25(5,34-23)24(30)26-13-11-19-6-8-20(9-7-19)35(31,32)27-14-28/h6-9H,10-13H2,1-5H3,(H,26,30). The van der Waals surface area contributed by atoms with Gasteiger partial charge in [-0.25, -0.2) is 4.79 Å². The Morgan fingerprint density at radius 2 is 1.80 bits per heavy atom. The first kappa shape index (κ1) is 26.1. The zero-order chi connectivity index (χ0) is 26.0. The van der Waals surface area contributed by atoms with Crippen molar-refractivity contribution in [1.29, 1.82) is 0 Å². The number of nitrogens with one attached hydrogen (secondary N) is 1. The van der Waals surface area contributed by atoms with Gasteiger partial charge in [-0.1, -0.05) is 16.5 Å². The molecule has 0 aliphatic carbocycles. The maximum atomic E-state index is 13.0. The molecule has 9 nitrogen and oxygen atoms in total. The summed E-state index contributed by atoms with van der Waals surface area (Å²) in [6.07, 6.45) is 2.56. The molecule has 35 heavy (non-hydrogen) atoms. The van der Waals surface area contributed by atoms with E-state index in [-0.39, 0.29) is 16.8 Å². The van der Waals surface area contributed by atoms with Gasteiger partial charge in [-0.3, -0.25) is 9.59 Å². The smallest absolute Gasteiger partial charge is 0.308 e. The highest BCUT2D eigenvalue weighted by Crippen LogP contribution is 2.43. The highest BCUT2D eigenvalue weighted by molar-refractivity contribution is 7.90.